The quantitative estimate of drug-likeness (QED) is 0.517. The standard InChI is InChI=1S/C7H7Br.3CH3.Al/c8-6-7-4-2-1-3-5-7;;;;/h1-5H,6H2;3*1H3;. The first-order valence-corrected chi connectivity index (χ1v) is 8.85. The topological polar surface area (TPSA) is 0 Å². The van der Waals surface area contributed by atoms with Gasteiger partial charge in [-0.05, 0) is 5.56 Å². The maximum absolute atomic E-state index is 3.36. The lowest BCUT2D eigenvalue weighted by molar-refractivity contribution is 1.44. The second-order valence-corrected chi connectivity index (χ2v) is 7.38. The average molecular weight is 243 g/mol. The molecule has 0 aromatic heterocycles. The van der Waals surface area contributed by atoms with E-state index in [1.165, 1.54) is 5.56 Å². The highest BCUT2D eigenvalue weighted by molar-refractivity contribution is 9.08. The van der Waals surface area contributed by atoms with E-state index in [-0.39, 0.29) is 14.1 Å². The first-order valence-electron chi connectivity index (χ1n) is 4.26. The number of hydrogen-bond donors (Lipinski definition) is 0. The van der Waals surface area contributed by atoms with Crippen molar-refractivity contribution in [2.75, 3.05) is 0 Å². The van der Waals surface area contributed by atoms with E-state index < -0.39 is 0 Å². The van der Waals surface area contributed by atoms with Crippen molar-refractivity contribution >= 4 is 30.1 Å². The number of halogens is 1. The van der Waals surface area contributed by atoms with Gasteiger partial charge in [0.25, 0.3) is 14.1 Å². The van der Waals surface area contributed by atoms with Gasteiger partial charge in [-0.15, -0.1) is 17.4 Å². The molecule has 0 saturated heterocycles. The monoisotopic (exact) mass is 242 g/mol. The van der Waals surface area contributed by atoms with E-state index in [1.54, 1.807) is 0 Å². The van der Waals surface area contributed by atoms with Crippen LogP contribution in [0.15, 0.2) is 30.3 Å². The summed E-state index contributed by atoms with van der Waals surface area (Å²) in [4.78, 5) is 0. The Morgan fingerprint density at radius 3 is 1.75 bits per heavy atom. The number of alkyl halides is 1. The molecule has 0 spiro atoms. The summed E-state index contributed by atoms with van der Waals surface area (Å²) in [5.41, 5.74) is 1.33. The highest BCUT2D eigenvalue weighted by Crippen LogP contribution is 2.02. The fourth-order valence-corrected chi connectivity index (χ4v) is 0.941. The fraction of sp³-hybridized carbons (Fsp3) is 0.400. The van der Waals surface area contributed by atoms with Crippen molar-refractivity contribution in [1.82, 2.24) is 0 Å². The van der Waals surface area contributed by atoms with E-state index in [0.29, 0.717) is 0 Å². The van der Waals surface area contributed by atoms with Gasteiger partial charge in [0.1, 0.15) is 0 Å². The summed E-state index contributed by atoms with van der Waals surface area (Å²) < 4.78 is 0. The first-order chi connectivity index (χ1) is 5.66. The molecular weight excluding hydrogens is 227 g/mol. The molecular formula is C10H16AlBr. The first kappa shape index (κ1) is 12.2. The molecule has 0 N–H and O–H groups in total. The van der Waals surface area contributed by atoms with Crippen LogP contribution >= 0.6 is 15.9 Å². The minimum absolute atomic E-state index is 0.139. The molecule has 0 saturated carbocycles. The Balaban J connectivity index is 0.000000261. The Morgan fingerprint density at radius 1 is 1.08 bits per heavy atom. The van der Waals surface area contributed by atoms with Gasteiger partial charge in [0.05, 0.1) is 0 Å². The van der Waals surface area contributed by atoms with Crippen LogP contribution in [0, 0.1) is 0 Å². The molecule has 0 atom stereocenters. The molecule has 0 bridgehead atoms. The van der Waals surface area contributed by atoms with E-state index in [1.807, 2.05) is 18.2 Å². The van der Waals surface area contributed by atoms with Crippen LogP contribution in [-0.4, -0.2) is 14.1 Å². The number of rotatable bonds is 1. The zero-order valence-corrected chi connectivity index (χ0v) is 10.8. The highest BCUT2D eigenvalue weighted by atomic mass is 79.9. The molecule has 1 rings (SSSR count). The van der Waals surface area contributed by atoms with Crippen LogP contribution < -0.4 is 0 Å². The van der Waals surface area contributed by atoms with E-state index in [0.717, 1.165) is 5.33 Å². The summed E-state index contributed by atoms with van der Waals surface area (Å²) in [6.07, 6.45) is 0. The van der Waals surface area contributed by atoms with Crippen LogP contribution in [0.3, 0.4) is 0 Å². The summed E-state index contributed by atoms with van der Waals surface area (Å²) >= 11 is 3.22. The van der Waals surface area contributed by atoms with Gasteiger partial charge >= 0.3 is 0 Å². The zero-order chi connectivity index (χ0) is 9.40. The second kappa shape index (κ2) is 7.86. The summed E-state index contributed by atoms with van der Waals surface area (Å²) in [6.45, 7) is 0. The SMILES string of the molecule is BrCc1ccccc1.[CH3][Al]([CH3])[CH3]. The van der Waals surface area contributed by atoms with Crippen molar-refractivity contribution in [3.05, 3.63) is 35.9 Å². The van der Waals surface area contributed by atoms with Gasteiger partial charge in [-0.25, -0.2) is 0 Å². The maximum atomic E-state index is 3.36. The van der Waals surface area contributed by atoms with Gasteiger partial charge in [0.15, 0.2) is 0 Å². The van der Waals surface area contributed by atoms with E-state index in [9.17, 15) is 0 Å². The van der Waals surface area contributed by atoms with Crippen molar-refractivity contribution in [2.45, 2.75) is 22.7 Å². The lowest BCUT2D eigenvalue weighted by Crippen LogP contribution is -1.84. The molecule has 0 aliphatic carbocycles. The zero-order valence-electron chi connectivity index (χ0n) is 8.05. The Bertz CT molecular complexity index is 182. The van der Waals surface area contributed by atoms with E-state index >= 15 is 0 Å². The summed E-state index contributed by atoms with van der Waals surface area (Å²) in [5, 5.41) is 0.952. The minimum Gasteiger partial charge on any atom is -0.106 e. The highest BCUT2D eigenvalue weighted by Gasteiger charge is 1.82. The van der Waals surface area contributed by atoms with Gasteiger partial charge in [0, 0.05) is 5.33 Å². The predicted molar refractivity (Wildman–Crippen MR) is 62.4 cm³/mol. The molecule has 1 aromatic rings. The normalized spacial score (nSPS) is 8.33. The van der Waals surface area contributed by atoms with Gasteiger partial charge in [0.2, 0.25) is 0 Å². The van der Waals surface area contributed by atoms with Crippen molar-refractivity contribution in [3.63, 3.8) is 0 Å². The van der Waals surface area contributed by atoms with Crippen molar-refractivity contribution in [3.8, 4) is 0 Å². The molecule has 0 amide bonds. The summed E-state index contributed by atoms with van der Waals surface area (Å²) in [6, 6.07) is 10.3. The molecule has 0 aliphatic heterocycles. The molecule has 0 unspecified atom stereocenters. The van der Waals surface area contributed by atoms with Gasteiger partial charge in [-0.2, -0.15) is 0 Å². The van der Waals surface area contributed by atoms with Gasteiger partial charge in [-0.1, -0.05) is 46.3 Å². The predicted octanol–water partition coefficient (Wildman–Crippen LogP) is 3.95. The molecule has 0 nitrogen and oxygen atoms in total. The van der Waals surface area contributed by atoms with Crippen molar-refractivity contribution < 1.29 is 0 Å². The molecule has 12 heavy (non-hydrogen) atoms. The molecule has 0 fully saturated rings. The molecule has 2 heteroatoms. The Morgan fingerprint density at radius 2 is 1.50 bits per heavy atom. The van der Waals surface area contributed by atoms with Crippen LogP contribution in [0.5, 0.6) is 0 Å². The van der Waals surface area contributed by atoms with Crippen LogP contribution in [0.25, 0.3) is 0 Å². The van der Waals surface area contributed by atoms with Crippen LogP contribution in [0.2, 0.25) is 17.4 Å². The smallest absolute Gasteiger partial charge is 0.106 e. The average Bonchev–Trinajstić information content (AvgIpc) is 2.05. The number of hydrogen-bond acceptors (Lipinski definition) is 0. The van der Waals surface area contributed by atoms with Crippen molar-refractivity contribution in [1.29, 1.82) is 0 Å². The van der Waals surface area contributed by atoms with E-state index in [4.69, 9.17) is 0 Å². The summed E-state index contributed by atoms with van der Waals surface area (Å²) in [7, 11) is 0. The fourth-order valence-electron chi connectivity index (χ4n) is 0.567. The van der Waals surface area contributed by atoms with Gasteiger partial charge < -0.3 is 0 Å². The maximum Gasteiger partial charge on any atom is 0.251 e. The Labute approximate surface area is 88.5 Å². The Hall–Kier alpha value is 0.232. The van der Waals surface area contributed by atoms with Crippen LogP contribution in [0.1, 0.15) is 5.56 Å². The third-order valence-electron chi connectivity index (χ3n) is 0.997. The molecule has 1 aromatic carbocycles. The second-order valence-electron chi connectivity index (χ2n) is 3.35. The molecule has 66 valence electrons. The lowest BCUT2D eigenvalue weighted by atomic mass is 10.2. The van der Waals surface area contributed by atoms with E-state index in [2.05, 4.69) is 45.4 Å². The largest absolute Gasteiger partial charge is 0.251 e. The van der Waals surface area contributed by atoms with Gasteiger partial charge in [-0.3, -0.25) is 0 Å². The summed E-state index contributed by atoms with van der Waals surface area (Å²) in [5.74, 6) is 6.92. The third kappa shape index (κ3) is 8.33. The Kier molecular flexibility index (Phi) is 8.01. The third-order valence-corrected chi connectivity index (χ3v) is 1.64. The van der Waals surface area contributed by atoms with Crippen LogP contribution in [0.4, 0.5) is 0 Å². The van der Waals surface area contributed by atoms with Crippen LogP contribution in [-0.2, 0) is 5.33 Å². The minimum atomic E-state index is -0.139. The molecule has 0 heterocycles. The molecule has 0 aliphatic rings. The lowest BCUT2D eigenvalue weighted by Gasteiger charge is -1.88. The number of benzene rings is 1. The van der Waals surface area contributed by atoms with Crippen molar-refractivity contribution in [2.24, 2.45) is 0 Å². The molecule has 0 radical (unpaired) electrons.